The number of ether oxygens (including phenoxy) is 1. The van der Waals surface area contributed by atoms with Crippen molar-refractivity contribution in [2.75, 3.05) is 6.61 Å². The van der Waals surface area contributed by atoms with Crippen LogP contribution in [0.4, 0.5) is 0 Å². The van der Waals surface area contributed by atoms with Crippen molar-refractivity contribution in [3.8, 4) is 0 Å². The largest absolute Gasteiger partial charge is 0.377 e. The number of benzene rings is 1. The molecule has 0 fully saturated rings. The Morgan fingerprint density at radius 3 is 2.12 bits per heavy atom. The lowest BCUT2D eigenvalue weighted by Crippen LogP contribution is -2.30. The molecular formula is C15H25NO. The van der Waals surface area contributed by atoms with Gasteiger partial charge in [0.25, 0.3) is 0 Å². The first kappa shape index (κ1) is 14.2. The molecule has 0 aliphatic rings. The highest BCUT2D eigenvalue weighted by molar-refractivity contribution is 5.37. The van der Waals surface area contributed by atoms with Crippen LogP contribution < -0.4 is 5.73 Å². The maximum absolute atomic E-state index is 6.10. The molecule has 0 bridgehead atoms. The molecule has 1 unspecified atom stereocenters. The average molecular weight is 235 g/mol. The molecule has 0 amide bonds. The highest BCUT2D eigenvalue weighted by Crippen LogP contribution is 2.17. The number of hydrogen-bond acceptors (Lipinski definition) is 2. The van der Waals surface area contributed by atoms with Crippen LogP contribution in [0.3, 0.4) is 0 Å². The molecule has 17 heavy (non-hydrogen) atoms. The Bertz CT molecular complexity index is 348. The fourth-order valence-electron chi connectivity index (χ4n) is 2.17. The minimum absolute atomic E-state index is 0.0810. The second kappa shape index (κ2) is 6.18. The lowest BCUT2D eigenvalue weighted by atomic mass is 9.95. The second-order valence-corrected chi connectivity index (χ2v) is 5.22. The first-order valence-corrected chi connectivity index (χ1v) is 6.34. The quantitative estimate of drug-likeness (QED) is 0.851. The van der Waals surface area contributed by atoms with Crippen molar-refractivity contribution in [1.29, 1.82) is 0 Å². The number of aryl methyl sites for hydroxylation is 3. The zero-order valence-corrected chi connectivity index (χ0v) is 11.7. The van der Waals surface area contributed by atoms with Crippen molar-refractivity contribution in [2.24, 2.45) is 5.73 Å². The van der Waals surface area contributed by atoms with Crippen LogP contribution in [0.1, 0.15) is 36.1 Å². The molecule has 2 heteroatoms. The van der Waals surface area contributed by atoms with Crippen LogP contribution in [-0.4, -0.2) is 18.8 Å². The van der Waals surface area contributed by atoms with Crippen molar-refractivity contribution in [2.45, 2.75) is 53.2 Å². The zero-order chi connectivity index (χ0) is 13.0. The average Bonchev–Trinajstić information content (AvgIpc) is 2.20. The first-order chi connectivity index (χ1) is 7.90. The summed E-state index contributed by atoms with van der Waals surface area (Å²) in [5, 5.41) is 0. The third-order valence-corrected chi connectivity index (χ3v) is 2.95. The Labute approximate surface area is 105 Å². The summed E-state index contributed by atoms with van der Waals surface area (Å²) < 4.78 is 5.55. The molecule has 0 aliphatic heterocycles. The highest BCUT2D eigenvalue weighted by atomic mass is 16.5. The Hall–Kier alpha value is -0.860. The van der Waals surface area contributed by atoms with Gasteiger partial charge in [0.1, 0.15) is 0 Å². The molecule has 1 rings (SSSR count). The van der Waals surface area contributed by atoms with Gasteiger partial charge in [0.05, 0.1) is 12.7 Å². The summed E-state index contributed by atoms with van der Waals surface area (Å²) >= 11 is 0. The van der Waals surface area contributed by atoms with E-state index in [2.05, 4.69) is 32.9 Å². The van der Waals surface area contributed by atoms with Crippen molar-refractivity contribution in [3.05, 3.63) is 34.4 Å². The number of hydrogen-bond donors (Lipinski definition) is 1. The molecule has 1 atom stereocenters. The fraction of sp³-hybridized carbons (Fsp3) is 0.600. The summed E-state index contributed by atoms with van der Waals surface area (Å²) in [7, 11) is 0. The van der Waals surface area contributed by atoms with Gasteiger partial charge in [-0.25, -0.2) is 0 Å². The first-order valence-electron chi connectivity index (χ1n) is 6.34. The van der Waals surface area contributed by atoms with E-state index in [1.165, 1.54) is 22.3 Å². The van der Waals surface area contributed by atoms with Gasteiger partial charge >= 0.3 is 0 Å². The lowest BCUT2D eigenvalue weighted by Gasteiger charge is -2.17. The van der Waals surface area contributed by atoms with Gasteiger partial charge in [0.15, 0.2) is 0 Å². The molecule has 0 heterocycles. The number of rotatable bonds is 5. The molecule has 2 N–H and O–H groups in total. The standard InChI is InChI=1S/C15H25NO/c1-10(2)17-9-14(16)8-15-12(4)6-11(3)7-13(15)5/h6-7,10,14H,8-9,16H2,1-5H3. The molecule has 0 spiro atoms. The van der Waals surface area contributed by atoms with Gasteiger partial charge in [-0.15, -0.1) is 0 Å². The smallest absolute Gasteiger partial charge is 0.0624 e. The lowest BCUT2D eigenvalue weighted by molar-refractivity contribution is 0.0683. The summed E-state index contributed by atoms with van der Waals surface area (Å²) in [5.74, 6) is 0. The maximum atomic E-state index is 6.10. The van der Waals surface area contributed by atoms with Crippen LogP contribution in [0.2, 0.25) is 0 Å². The SMILES string of the molecule is Cc1cc(C)c(CC(N)COC(C)C)c(C)c1. The predicted octanol–water partition coefficient (Wildman–Crippen LogP) is 2.91. The van der Waals surface area contributed by atoms with E-state index in [-0.39, 0.29) is 12.1 Å². The van der Waals surface area contributed by atoms with E-state index in [0.29, 0.717) is 6.61 Å². The van der Waals surface area contributed by atoms with Crippen molar-refractivity contribution >= 4 is 0 Å². The molecule has 1 aromatic rings. The van der Waals surface area contributed by atoms with Crippen LogP contribution in [0, 0.1) is 20.8 Å². The van der Waals surface area contributed by atoms with Gasteiger partial charge in [-0.05, 0) is 57.7 Å². The Kier molecular flexibility index (Phi) is 5.16. The van der Waals surface area contributed by atoms with Crippen LogP contribution in [-0.2, 0) is 11.2 Å². The number of nitrogens with two attached hydrogens (primary N) is 1. The minimum Gasteiger partial charge on any atom is -0.377 e. The minimum atomic E-state index is 0.0810. The maximum Gasteiger partial charge on any atom is 0.0624 e. The molecular weight excluding hydrogens is 210 g/mol. The summed E-state index contributed by atoms with van der Waals surface area (Å²) in [4.78, 5) is 0. The van der Waals surface area contributed by atoms with E-state index in [1.807, 2.05) is 13.8 Å². The topological polar surface area (TPSA) is 35.2 Å². The van der Waals surface area contributed by atoms with Gasteiger partial charge in [-0.2, -0.15) is 0 Å². The van der Waals surface area contributed by atoms with E-state index in [0.717, 1.165) is 6.42 Å². The predicted molar refractivity (Wildman–Crippen MR) is 73.4 cm³/mol. The van der Waals surface area contributed by atoms with Crippen LogP contribution in [0.5, 0.6) is 0 Å². The van der Waals surface area contributed by atoms with Crippen molar-refractivity contribution in [1.82, 2.24) is 0 Å². The Morgan fingerprint density at radius 1 is 1.12 bits per heavy atom. The van der Waals surface area contributed by atoms with Gasteiger partial charge in [0, 0.05) is 6.04 Å². The highest BCUT2D eigenvalue weighted by Gasteiger charge is 2.10. The van der Waals surface area contributed by atoms with Crippen molar-refractivity contribution < 1.29 is 4.74 Å². The molecule has 0 aromatic heterocycles. The molecule has 0 aliphatic carbocycles. The Balaban J connectivity index is 2.68. The van der Waals surface area contributed by atoms with Crippen LogP contribution in [0.25, 0.3) is 0 Å². The Morgan fingerprint density at radius 2 is 1.65 bits per heavy atom. The van der Waals surface area contributed by atoms with Gasteiger partial charge in [0.2, 0.25) is 0 Å². The van der Waals surface area contributed by atoms with E-state index in [4.69, 9.17) is 10.5 Å². The molecule has 1 aromatic carbocycles. The zero-order valence-electron chi connectivity index (χ0n) is 11.7. The summed E-state index contributed by atoms with van der Waals surface area (Å²) in [6.07, 6.45) is 1.14. The van der Waals surface area contributed by atoms with Crippen LogP contribution >= 0.6 is 0 Å². The monoisotopic (exact) mass is 235 g/mol. The summed E-state index contributed by atoms with van der Waals surface area (Å²) in [5.41, 5.74) is 11.5. The normalized spacial score (nSPS) is 13.1. The fourth-order valence-corrected chi connectivity index (χ4v) is 2.17. The summed E-state index contributed by atoms with van der Waals surface area (Å²) in [6, 6.07) is 4.52. The third-order valence-electron chi connectivity index (χ3n) is 2.95. The second-order valence-electron chi connectivity index (χ2n) is 5.22. The third kappa shape index (κ3) is 4.49. The molecule has 0 radical (unpaired) electrons. The van der Waals surface area contributed by atoms with E-state index < -0.39 is 0 Å². The summed E-state index contributed by atoms with van der Waals surface area (Å²) in [6.45, 7) is 11.1. The van der Waals surface area contributed by atoms with Gasteiger partial charge in [-0.1, -0.05) is 17.7 Å². The molecule has 0 saturated heterocycles. The van der Waals surface area contributed by atoms with Gasteiger partial charge in [-0.3, -0.25) is 0 Å². The van der Waals surface area contributed by atoms with Crippen molar-refractivity contribution in [3.63, 3.8) is 0 Å². The van der Waals surface area contributed by atoms with Gasteiger partial charge < -0.3 is 10.5 Å². The van der Waals surface area contributed by atoms with E-state index >= 15 is 0 Å². The van der Waals surface area contributed by atoms with Crippen LogP contribution in [0.15, 0.2) is 12.1 Å². The van der Waals surface area contributed by atoms with E-state index in [1.54, 1.807) is 0 Å². The molecule has 96 valence electrons. The van der Waals surface area contributed by atoms with E-state index in [9.17, 15) is 0 Å². The molecule has 0 saturated carbocycles. The molecule has 2 nitrogen and oxygen atoms in total.